The fourth-order valence-corrected chi connectivity index (χ4v) is 0.891. The third-order valence-corrected chi connectivity index (χ3v) is 2.48. The maximum absolute atomic E-state index is 12.1. The van der Waals surface area contributed by atoms with Crippen LogP contribution in [0.4, 0.5) is 26.3 Å². The summed E-state index contributed by atoms with van der Waals surface area (Å²) >= 11 is 0. The van der Waals surface area contributed by atoms with Crippen LogP contribution in [0.15, 0.2) is 0 Å². The van der Waals surface area contributed by atoms with Gasteiger partial charge in [0.25, 0.3) is 6.10 Å². The third kappa shape index (κ3) is 4.73. The maximum Gasteiger partial charge on any atom is 0.434 e. The normalized spacial score (nSPS) is 15.7. The number of alkyl halides is 6. The van der Waals surface area contributed by atoms with E-state index in [1.54, 1.807) is 0 Å². The zero-order valence-electron chi connectivity index (χ0n) is 10.2. The van der Waals surface area contributed by atoms with E-state index >= 15 is 0 Å². The number of rotatable bonds is 2. The van der Waals surface area contributed by atoms with Gasteiger partial charge in [0.15, 0.2) is 0 Å². The predicted octanol–water partition coefficient (Wildman–Crippen LogP) is 3.71. The van der Waals surface area contributed by atoms with E-state index in [1.807, 2.05) is 0 Å². The van der Waals surface area contributed by atoms with Crippen molar-refractivity contribution in [2.24, 2.45) is 11.3 Å². The summed E-state index contributed by atoms with van der Waals surface area (Å²) in [5.41, 5.74) is -0.793. The molecule has 0 spiro atoms. The monoisotopic (exact) mass is 280 g/mol. The molecule has 0 rings (SSSR count). The molecule has 0 aliphatic carbocycles. The first kappa shape index (κ1) is 17.1. The van der Waals surface area contributed by atoms with E-state index in [1.165, 1.54) is 27.7 Å². The van der Waals surface area contributed by atoms with Crippen molar-refractivity contribution in [3.63, 3.8) is 0 Å². The first-order valence-electron chi connectivity index (χ1n) is 5.01. The number of carbonyl (C=O) groups excluding carboxylic acids is 1. The summed E-state index contributed by atoms with van der Waals surface area (Å²) in [6.45, 7) is 5.74. The Labute approximate surface area is 100 Å². The highest BCUT2D eigenvalue weighted by atomic mass is 19.4. The van der Waals surface area contributed by atoms with Gasteiger partial charge in [0.05, 0.1) is 5.92 Å². The van der Waals surface area contributed by atoms with Crippen molar-refractivity contribution in [1.29, 1.82) is 0 Å². The van der Waals surface area contributed by atoms with Gasteiger partial charge < -0.3 is 4.74 Å². The predicted molar refractivity (Wildman–Crippen MR) is 50.6 cm³/mol. The Bertz CT molecular complexity index is 285. The zero-order valence-corrected chi connectivity index (χ0v) is 10.2. The molecule has 1 atom stereocenters. The van der Waals surface area contributed by atoms with Gasteiger partial charge in [0, 0.05) is 0 Å². The molecule has 0 aliphatic rings. The quantitative estimate of drug-likeness (QED) is 0.569. The molecule has 0 saturated carbocycles. The van der Waals surface area contributed by atoms with Crippen LogP contribution in [0.5, 0.6) is 0 Å². The lowest BCUT2D eigenvalue weighted by Gasteiger charge is -2.29. The van der Waals surface area contributed by atoms with Gasteiger partial charge in [-0.1, -0.05) is 27.7 Å². The molecule has 2 nitrogen and oxygen atoms in total. The number of esters is 1. The highest BCUT2D eigenvalue weighted by Crippen LogP contribution is 2.37. The number of ether oxygens (including phenoxy) is 1. The minimum atomic E-state index is -5.68. The Hall–Kier alpha value is -0.950. The fourth-order valence-electron chi connectivity index (χ4n) is 0.891. The zero-order chi connectivity index (χ0) is 14.9. The van der Waals surface area contributed by atoms with Crippen molar-refractivity contribution in [2.45, 2.75) is 46.2 Å². The Morgan fingerprint density at radius 3 is 1.50 bits per heavy atom. The molecular weight excluding hydrogens is 266 g/mol. The lowest BCUT2D eigenvalue weighted by atomic mass is 9.82. The molecule has 0 bridgehead atoms. The van der Waals surface area contributed by atoms with E-state index in [-0.39, 0.29) is 0 Å². The van der Waals surface area contributed by atoms with Crippen molar-refractivity contribution < 1.29 is 35.9 Å². The van der Waals surface area contributed by atoms with Gasteiger partial charge in [0.2, 0.25) is 0 Å². The number of carbonyl (C=O) groups is 1. The molecule has 0 aromatic heterocycles. The van der Waals surface area contributed by atoms with E-state index in [9.17, 15) is 31.1 Å². The van der Waals surface area contributed by atoms with Crippen molar-refractivity contribution in [3.8, 4) is 0 Å². The van der Waals surface area contributed by atoms with E-state index in [0.29, 0.717) is 0 Å². The second kappa shape index (κ2) is 4.97. The van der Waals surface area contributed by atoms with Crippen LogP contribution in [-0.4, -0.2) is 24.4 Å². The standard InChI is InChI=1S/C10H14F6O2/c1-5(8(2,3)4)6(17)18-7(9(11,12)13)10(14,15)16/h5,7H,1-4H3. The van der Waals surface area contributed by atoms with Crippen LogP contribution in [0.3, 0.4) is 0 Å². The van der Waals surface area contributed by atoms with Crippen LogP contribution in [0.2, 0.25) is 0 Å². The molecule has 0 saturated heterocycles. The SMILES string of the molecule is CC(C(=O)OC(C(F)(F)F)C(F)(F)F)C(C)(C)C. The van der Waals surface area contributed by atoms with Crippen molar-refractivity contribution in [3.05, 3.63) is 0 Å². The fraction of sp³-hybridized carbons (Fsp3) is 0.900. The minimum absolute atomic E-state index is 0.793. The van der Waals surface area contributed by atoms with Crippen molar-refractivity contribution >= 4 is 5.97 Å². The second-order valence-corrected chi connectivity index (χ2v) is 4.99. The van der Waals surface area contributed by atoms with Crippen LogP contribution in [0.1, 0.15) is 27.7 Å². The molecule has 0 radical (unpaired) electrons. The Morgan fingerprint density at radius 1 is 0.944 bits per heavy atom. The third-order valence-electron chi connectivity index (χ3n) is 2.48. The summed E-state index contributed by atoms with van der Waals surface area (Å²) in [5, 5.41) is 0. The van der Waals surface area contributed by atoms with Gasteiger partial charge in [-0.05, 0) is 5.41 Å². The highest BCUT2D eigenvalue weighted by Gasteiger charge is 2.60. The molecule has 0 aromatic rings. The molecule has 0 N–H and O–H groups in total. The molecular formula is C10H14F6O2. The van der Waals surface area contributed by atoms with Crippen LogP contribution < -0.4 is 0 Å². The lowest BCUT2D eigenvalue weighted by molar-refractivity contribution is -0.314. The van der Waals surface area contributed by atoms with Crippen LogP contribution in [0.25, 0.3) is 0 Å². The van der Waals surface area contributed by atoms with E-state index in [0.717, 1.165) is 0 Å². The summed E-state index contributed by atoms with van der Waals surface area (Å²) in [6, 6.07) is 0. The van der Waals surface area contributed by atoms with Crippen molar-refractivity contribution in [2.75, 3.05) is 0 Å². The molecule has 0 heterocycles. The van der Waals surface area contributed by atoms with Gasteiger partial charge >= 0.3 is 18.3 Å². The Morgan fingerprint density at radius 2 is 1.28 bits per heavy atom. The molecule has 8 heteroatoms. The van der Waals surface area contributed by atoms with E-state index in [2.05, 4.69) is 4.74 Å². The second-order valence-electron chi connectivity index (χ2n) is 4.99. The molecule has 0 aromatic carbocycles. The van der Waals surface area contributed by atoms with Gasteiger partial charge in [-0.15, -0.1) is 0 Å². The molecule has 18 heavy (non-hydrogen) atoms. The topological polar surface area (TPSA) is 26.3 Å². The summed E-state index contributed by atoms with van der Waals surface area (Å²) in [4.78, 5) is 11.3. The van der Waals surface area contributed by atoms with Gasteiger partial charge in [-0.3, -0.25) is 4.79 Å². The minimum Gasteiger partial charge on any atom is -0.443 e. The van der Waals surface area contributed by atoms with Gasteiger partial charge in [-0.25, -0.2) is 0 Å². The van der Waals surface area contributed by atoms with Crippen LogP contribution in [0, 0.1) is 11.3 Å². The largest absolute Gasteiger partial charge is 0.443 e. The summed E-state index contributed by atoms with van der Waals surface area (Å²) in [6.07, 6.45) is -15.4. The maximum atomic E-state index is 12.1. The first-order chi connectivity index (χ1) is 7.67. The van der Waals surface area contributed by atoms with E-state index < -0.39 is 35.8 Å². The van der Waals surface area contributed by atoms with Crippen LogP contribution in [-0.2, 0) is 9.53 Å². The lowest BCUT2D eigenvalue weighted by Crippen LogP contribution is -2.47. The summed E-state index contributed by atoms with van der Waals surface area (Å²) < 4.78 is 76.4. The van der Waals surface area contributed by atoms with Crippen molar-refractivity contribution in [1.82, 2.24) is 0 Å². The average molecular weight is 280 g/mol. The van der Waals surface area contributed by atoms with E-state index in [4.69, 9.17) is 0 Å². The van der Waals surface area contributed by atoms with Crippen LogP contribution >= 0.6 is 0 Å². The number of hydrogen-bond acceptors (Lipinski definition) is 2. The highest BCUT2D eigenvalue weighted by molar-refractivity contribution is 5.73. The molecule has 1 unspecified atom stereocenters. The number of halogens is 6. The van der Waals surface area contributed by atoms with Gasteiger partial charge in [-0.2, -0.15) is 26.3 Å². The Balaban J connectivity index is 4.99. The number of hydrogen-bond donors (Lipinski definition) is 0. The summed E-state index contributed by atoms with van der Waals surface area (Å²) in [5.74, 6) is -2.62. The molecule has 0 amide bonds. The van der Waals surface area contributed by atoms with Gasteiger partial charge in [0.1, 0.15) is 0 Å². The Kier molecular flexibility index (Phi) is 4.71. The average Bonchev–Trinajstić information content (AvgIpc) is 2.07. The molecule has 0 aliphatic heterocycles. The first-order valence-corrected chi connectivity index (χ1v) is 5.01. The smallest absolute Gasteiger partial charge is 0.434 e. The summed E-state index contributed by atoms with van der Waals surface area (Å²) in [7, 11) is 0. The molecule has 108 valence electrons. The molecule has 0 fully saturated rings.